The van der Waals surface area contributed by atoms with Gasteiger partial charge >= 0.3 is 0 Å². The first-order valence-electron chi connectivity index (χ1n) is 9.83. The van der Waals surface area contributed by atoms with Crippen LogP contribution in [0.4, 0.5) is 0 Å². The first kappa shape index (κ1) is 21.0. The highest BCUT2D eigenvalue weighted by Gasteiger charge is 2.13. The number of carbonyl (C=O) groups excluding carboxylic acids is 1. The summed E-state index contributed by atoms with van der Waals surface area (Å²) in [5.41, 5.74) is 4.22. The molecule has 1 atom stereocenters. The Labute approximate surface area is 176 Å². The number of rotatable bonds is 8. The summed E-state index contributed by atoms with van der Waals surface area (Å²) >= 11 is 1.33. The number of nitrogens with zero attached hydrogens (tertiary/aromatic N) is 2. The molecule has 0 spiro atoms. The smallest absolute Gasteiger partial charge is 0.230 e. The first-order valence-corrected chi connectivity index (χ1v) is 10.8. The zero-order chi connectivity index (χ0) is 20.8. The minimum atomic E-state index is -0.0475. The molecule has 0 aliphatic rings. The van der Waals surface area contributed by atoms with Crippen molar-refractivity contribution in [2.75, 3.05) is 11.6 Å². The van der Waals surface area contributed by atoms with E-state index in [0.717, 1.165) is 23.2 Å². The molecule has 2 aromatic carbocycles. The summed E-state index contributed by atoms with van der Waals surface area (Å²) in [4.78, 5) is 16.9. The summed E-state index contributed by atoms with van der Waals surface area (Å²) in [5.74, 6) is 6.86. The summed E-state index contributed by atoms with van der Waals surface area (Å²) < 4.78 is 1.47. The summed E-state index contributed by atoms with van der Waals surface area (Å²) in [6.45, 7) is 6.42. The van der Waals surface area contributed by atoms with Crippen LogP contribution < -0.4 is 11.2 Å². The summed E-state index contributed by atoms with van der Waals surface area (Å²) in [6.07, 6.45) is 2.84. The van der Waals surface area contributed by atoms with Gasteiger partial charge in [0.05, 0.1) is 23.7 Å². The van der Waals surface area contributed by atoms with Crippen molar-refractivity contribution in [3.05, 3.63) is 71.9 Å². The van der Waals surface area contributed by atoms with Crippen molar-refractivity contribution in [2.45, 2.75) is 38.4 Å². The van der Waals surface area contributed by atoms with Crippen LogP contribution in [0.15, 0.2) is 66.0 Å². The molecular weight excluding hydrogens is 380 g/mol. The number of thioether (sulfide) groups is 1. The van der Waals surface area contributed by atoms with Crippen LogP contribution in [0.3, 0.4) is 0 Å². The molecule has 6 heteroatoms. The number of hydrogen-bond acceptors (Lipinski definition) is 4. The topological polar surface area (TPSA) is 72.9 Å². The Kier molecular flexibility index (Phi) is 6.99. The van der Waals surface area contributed by atoms with Crippen molar-refractivity contribution in [3.63, 3.8) is 0 Å². The molecular formula is C23H28N4OS. The number of nitrogens with two attached hydrogens (primary N) is 1. The van der Waals surface area contributed by atoms with Crippen molar-refractivity contribution in [3.8, 4) is 11.3 Å². The summed E-state index contributed by atoms with van der Waals surface area (Å²) in [5, 5.41) is 3.66. The molecule has 1 aromatic heterocycles. The monoisotopic (exact) mass is 408 g/mol. The third-order valence-electron chi connectivity index (χ3n) is 4.60. The van der Waals surface area contributed by atoms with Crippen LogP contribution in [0.2, 0.25) is 0 Å². The molecule has 0 bridgehead atoms. The van der Waals surface area contributed by atoms with Crippen LogP contribution in [0.25, 0.3) is 11.3 Å². The Bertz CT molecular complexity index is 935. The minimum Gasteiger partial charge on any atom is -0.349 e. The molecule has 0 aliphatic heterocycles. The molecule has 0 radical (unpaired) electrons. The molecule has 3 rings (SSSR count). The van der Waals surface area contributed by atoms with Gasteiger partial charge in [0.1, 0.15) is 0 Å². The van der Waals surface area contributed by atoms with Gasteiger partial charge in [-0.1, -0.05) is 80.2 Å². The number of nitrogens with one attached hydrogen (secondary N) is 1. The maximum Gasteiger partial charge on any atom is 0.230 e. The van der Waals surface area contributed by atoms with E-state index < -0.39 is 0 Å². The summed E-state index contributed by atoms with van der Waals surface area (Å²) in [7, 11) is 0. The SMILES string of the molecule is CC(C)Cc1ccc([C@H](C)NC(=O)CSc2nc(-c3ccccc3)cn2N)cc1. The molecule has 0 fully saturated rings. The lowest BCUT2D eigenvalue weighted by Gasteiger charge is -2.15. The summed E-state index contributed by atoms with van der Waals surface area (Å²) in [6, 6.07) is 18.3. The quantitative estimate of drug-likeness (QED) is 0.427. The van der Waals surface area contributed by atoms with Crippen molar-refractivity contribution in [1.82, 2.24) is 15.0 Å². The fourth-order valence-corrected chi connectivity index (χ4v) is 3.85. The van der Waals surface area contributed by atoms with Crippen LogP contribution in [-0.2, 0) is 11.2 Å². The molecule has 1 heterocycles. The van der Waals surface area contributed by atoms with E-state index in [1.807, 2.05) is 37.3 Å². The predicted octanol–water partition coefficient (Wildman–Crippen LogP) is 4.43. The third-order valence-corrected chi connectivity index (χ3v) is 5.57. The second-order valence-electron chi connectivity index (χ2n) is 7.60. The average Bonchev–Trinajstić information content (AvgIpc) is 3.08. The van der Waals surface area contributed by atoms with Gasteiger partial charge in [-0.05, 0) is 30.4 Å². The fraction of sp³-hybridized carbons (Fsp3) is 0.304. The number of aromatic nitrogens is 2. The standard InChI is InChI=1S/C23H28N4OS/c1-16(2)13-18-9-11-19(12-10-18)17(3)25-22(28)15-29-23-26-21(14-27(23)24)20-7-5-4-6-8-20/h4-12,14,16-17H,13,15,24H2,1-3H3,(H,25,28)/t17-/m0/s1. The molecule has 3 N–H and O–H groups in total. The van der Waals surface area contributed by atoms with Crippen LogP contribution in [0.1, 0.15) is 37.9 Å². The van der Waals surface area contributed by atoms with Gasteiger partial charge in [0, 0.05) is 5.56 Å². The zero-order valence-corrected chi connectivity index (χ0v) is 17.9. The molecule has 0 saturated carbocycles. The van der Waals surface area contributed by atoms with Gasteiger partial charge in [-0.25, -0.2) is 9.66 Å². The van der Waals surface area contributed by atoms with E-state index in [-0.39, 0.29) is 17.7 Å². The van der Waals surface area contributed by atoms with Crippen molar-refractivity contribution in [2.24, 2.45) is 5.92 Å². The Hall–Kier alpha value is -2.73. The molecule has 5 nitrogen and oxygen atoms in total. The van der Waals surface area contributed by atoms with Gasteiger partial charge in [-0.3, -0.25) is 4.79 Å². The van der Waals surface area contributed by atoms with Gasteiger partial charge in [-0.15, -0.1) is 0 Å². The van der Waals surface area contributed by atoms with E-state index in [9.17, 15) is 4.79 Å². The first-order chi connectivity index (χ1) is 13.9. The maximum atomic E-state index is 12.4. The molecule has 29 heavy (non-hydrogen) atoms. The number of amides is 1. The number of benzene rings is 2. The minimum absolute atomic E-state index is 0.0435. The highest BCUT2D eigenvalue weighted by atomic mass is 32.2. The van der Waals surface area contributed by atoms with Crippen LogP contribution >= 0.6 is 11.8 Å². The Morgan fingerprint density at radius 3 is 2.45 bits per heavy atom. The lowest BCUT2D eigenvalue weighted by molar-refractivity contribution is -0.119. The maximum absolute atomic E-state index is 12.4. The second kappa shape index (κ2) is 9.65. The molecule has 0 aliphatic carbocycles. The molecule has 3 aromatic rings. The Morgan fingerprint density at radius 2 is 1.79 bits per heavy atom. The molecule has 152 valence electrons. The second-order valence-corrected chi connectivity index (χ2v) is 8.54. The Morgan fingerprint density at radius 1 is 1.10 bits per heavy atom. The van der Waals surface area contributed by atoms with E-state index in [1.165, 1.54) is 22.0 Å². The average molecular weight is 409 g/mol. The molecule has 0 unspecified atom stereocenters. The van der Waals surface area contributed by atoms with Crippen LogP contribution in [0.5, 0.6) is 0 Å². The molecule has 1 amide bonds. The number of imidazole rings is 1. The lowest BCUT2D eigenvalue weighted by Crippen LogP contribution is -2.28. The van der Waals surface area contributed by atoms with Crippen molar-refractivity contribution in [1.29, 1.82) is 0 Å². The molecule has 0 saturated heterocycles. The van der Waals surface area contributed by atoms with Gasteiger partial charge in [0.2, 0.25) is 5.91 Å². The van der Waals surface area contributed by atoms with Gasteiger partial charge in [-0.2, -0.15) is 0 Å². The fourth-order valence-electron chi connectivity index (χ4n) is 3.14. The number of nitrogen functional groups attached to an aromatic ring is 1. The normalized spacial score (nSPS) is 12.1. The Balaban J connectivity index is 1.54. The van der Waals surface area contributed by atoms with Gasteiger partial charge in [0.25, 0.3) is 0 Å². The van der Waals surface area contributed by atoms with Crippen LogP contribution in [-0.4, -0.2) is 21.3 Å². The van der Waals surface area contributed by atoms with E-state index >= 15 is 0 Å². The predicted molar refractivity (Wildman–Crippen MR) is 120 cm³/mol. The van der Waals surface area contributed by atoms with E-state index in [0.29, 0.717) is 11.1 Å². The van der Waals surface area contributed by atoms with Crippen LogP contribution in [0, 0.1) is 5.92 Å². The van der Waals surface area contributed by atoms with Gasteiger partial charge < -0.3 is 11.2 Å². The third kappa shape index (κ3) is 5.87. The highest BCUT2D eigenvalue weighted by molar-refractivity contribution is 7.99. The number of hydrogen-bond donors (Lipinski definition) is 2. The zero-order valence-electron chi connectivity index (χ0n) is 17.1. The van der Waals surface area contributed by atoms with Crippen molar-refractivity contribution >= 4 is 17.7 Å². The van der Waals surface area contributed by atoms with Crippen molar-refractivity contribution < 1.29 is 4.79 Å². The number of carbonyl (C=O) groups is 1. The largest absolute Gasteiger partial charge is 0.349 e. The van der Waals surface area contributed by atoms with E-state index in [4.69, 9.17) is 5.84 Å². The van der Waals surface area contributed by atoms with Gasteiger partial charge in [0.15, 0.2) is 5.16 Å². The lowest BCUT2D eigenvalue weighted by atomic mass is 10.00. The van der Waals surface area contributed by atoms with E-state index in [1.54, 1.807) is 6.20 Å². The van der Waals surface area contributed by atoms with E-state index in [2.05, 4.69) is 48.4 Å². The highest BCUT2D eigenvalue weighted by Crippen LogP contribution is 2.23.